The molecular weight excluding hydrogens is 442 g/mol. The second-order valence-electron chi connectivity index (χ2n) is 8.86. The van der Waals surface area contributed by atoms with Crippen molar-refractivity contribution in [3.05, 3.63) is 71.8 Å². The van der Waals surface area contributed by atoms with Gasteiger partial charge in [-0.2, -0.15) is 0 Å². The van der Waals surface area contributed by atoms with Gasteiger partial charge in [0.25, 0.3) is 0 Å². The van der Waals surface area contributed by atoms with Crippen LogP contribution >= 0.6 is 0 Å². The van der Waals surface area contributed by atoms with Crippen molar-refractivity contribution in [1.82, 2.24) is 4.90 Å². The van der Waals surface area contributed by atoms with Gasteiger partial charge in [-0.05, 0) is 31.0 Å². The van der Waals surface area contributed by atoms with Crippen LogP contribution in [0.1, 0.15) is 50.0 Å². The van der Waals surface area contributed by atoms with Crippen LogP contribution in [0.25, 0.3) is 0 Å². The molecule has 1 heterocycles. The SMILES string of the molecule is CC[C@H]1[C@@H](c2ccccc2)OCCOCCOCCOCCO[C@H](c2ccccc2)[C@H](CC)N1C. The fourth-order valence-corrected chi connectivity index (χ4v) is 4.83. The molecular formula is C29H43NO5. The van der Waals surface area contributed by atoms with E-state index in [9.17, 15) is 0 Å². The summed E-state index contributed by atoms with van der Waals surface area (Å²) in [5, 5.41) is 0. The Morgan fingerprint density at radius 1 is 0.571 bits per heavy atom. The van der Waals surface area contributed by atoms with E-state index in [-0.39, 0.29) is 24.3 Å². The van der Waals surface area contributed by atoms with Crippen LogP contribution in [-0.2, 0) is 23.7 Å². The first-order valence-electron chi connectivity index (χ1n) is 13.0. The lowest BCUT2D eigenvalue weighted by Gasteiger charge is -2.42. The number of hydrogen-bond acceptors (Lipinski definition) is 6. The Kier molecular flexibility index (Phi) is 12.7. The molecule has 1 saturated heterocycles. The van der Waals surface area contributed by atoms with E-state index in [0.717, 1.165) is 12.8 Å². The maximum Gasteiger partial charge on any atom is 0.0981 e. The first-order chi connectivity index (χ1) is 17.3. The zero-order valence-corrected chi connectivity index (χ0v) is 21.6. The third kappa shape index (κ3) is 8.67. The highest BCUT2D eigenvalue weighted by molar-refractivity contribution is 5.21. The maximum atomic E-state index is 6.51. The number of likely N-dealkylation sites (N-methyl/N-ethyl adjacent to an activating group) is 1. The number of rotatable bonds is 4. The third-order valence-electron chi connectivity index (χ3n) is 6.63. The molecule has 0 unspecified atom stereocenters. The van der Waals surface area contributed by atoms with E-state index in [1.807, 2.05) is 0 Å². The third-order valence-corrected chi connectivity index (χ3v) is 6.63. The van der Waals surface area contributed by atoms with Gasteiger partial charge < -0.3 is 23.7 Å². The highest BCUT2D eigenvalue weighted by Gasteiger charge is 2.34. The molecule has 1 aliphatic heterocycles. The first-order valence-corrected chi connectivity index (χ1v) is 13.0. The van der Waals surface area contributed by atoms with E-state index in [0.29, 0.717) is 52.9 Å². The number of nitrogens with zero attached hydrogens (tertiary/aromatic N) is 1. The second-order valence-corrected chi connectivity index (χ2v) is 8.86. The Morgan fingerprint density at radius 3 is 1.26 bits per heavy atom. The van der Waals surface area contributed by atoms with Crippen LogP contribution in [0, 0.1) is 0 Å². The summed E-state index contributed by atoms with van der Waals surface area (Å²) in [4.78, 5) is 2.47. The van der Waals surface area contributed by atoms with Gasteiger partial charge in [-0.3, -0.25) is 4.90 Å². The largest absolute Gasteiger partial charge is 0.377 e. The molecule has 6 nitrogen and oxygen atoms in total. The van der Waals surface area contributed by atoms with Gasteiger partial charge in [0, 0.05) is 12.1 Å². The molecule has 2 aromatic carbocycles. The zero-order valence-electron chi connectivity index (χ0n) is 21.6. The Balaban J connectivity index is 1.88. The molecule has 1 fully saturated rings. The van der Waals surface area contributed by atoms with Crippen LogP contribution in [0.2, 0.25) is 0 Å². The van der Waals surface area contributed by atoms with E-state index in [4.69, 9.17) is 23.7 Å². The quantitative estimate of drug-likeness (QED) is 0.604. The van der Waals surface area contributed by atoms with Gasteiger partial charge in [-0.25, -0.2) is 0 Å². The minimum atomic E-state index is -0.0706. The molecule has 2 aromatic rings. The van der Waals surface area contributed by atoms with E-state index >= 15 is 0 Å². The van der Waals surface area contributed by atoms with Crippen molar-refractivity contribution >= 4 is 0 Å². The van der Waals surface area contributed by atoms with Crippen molar-refractivity contribution in [1.29, 1.82) is 0 Å². The van der Waals surface area contributed by atoms with Crippen LogP contribution in [0.4, 0.5) is 0 Å². The fraction of sp³-hybridized carbons (Fsp3) is 0.586. The minimum absolute atomic E-state index is 0.0706. The van der Waals surface area contributed by atoms with Crippen LogP contribution < -0.4 is 0 Å². The zero-order chi connectivity index (χ0) is 24.7. The van der Waals surface area contributed by atoms with Gasteiger partial charge in [0.15, 0.2) is 0 Å². The first kappa shape index (κ1) is 27.8. The second kappa shape index (κ2) is 16.0. The molecule has 0 spiro atoms. The van der Waals surface area contributed by atoms with Gasteiger partial charge in [0.2, 0.25) is 0 Å². The summed E-state index contributed by atoms with van der Waals surface area (Å²) in [5.74, 6) is 0. The van der Waals surface area contributed by atoms with Crippen molar-refractivity contribution in [3.8, 4) is 0 Å². The molecule has 1 aliphatic rings. The molecule has 6 heteroatoms. The number of ether oxygens (including phenoxy) is 5. The van der Waals surface area contributed by atoms with E-state index < -0.39 is 0 Å². The predicted octanol–water partition coefficient (Wildman–Crippen LogP) is 5.05. The molecule has 0 amide bonds. The van der Waals surface area contributed by atoms with Crippen LogP contribution in [-0.4, -0.2) is 76.9 Å². The fourth-order valence-electron chi connectivity index (χ4n) is 4.83. The lowest BCUT2D eigenvalue weighted by Crippen LogP contribution is -2.47. The molecule has 35 heavy (non-hydrogen) atoms. The van der Waals surface area contributed by atoms with Gasteiger partial charge in [-0.1, -0.05) is 74.5 Å². The van der Waals surface area contributed by atoms with Gasteiger partial charge in [-0.15, -0.1) is 0 Å². The summed E-state index contributed by atoms with van der Waals surface area (Å²) in [6.45, 7) is 8.82. The highest BCUT2D eigenvalue weighted by Crippen LogP contribution is 2.33. The molecule has 0 N–H and O–H groups in total. The Labute approximate surface area is 211 Å². The molecule has 4 atom stereocenters. The van der Waals surface area contributed by atoms with Gasteiger partial charge >= 0.3 is 0 Å². The van der Waals surface area contributed by atoms with Crippen LogP contribution in [0.5, 0.6) is 0 Å². The molecule has 0 aromatic heterocycles. The van der Waals surface area contributed by atoms with E-state index in [2.05, 4.69) is 86.5 Å². The van der Waals surface area contributed by atoms with Crippen molar-refractivity contribution in [2.24, 2.45) is 0 Å². The Morgan fingerprint density at radius 2 is 0.914 bits per heavy atom. The van der Waals surface area contributed by atoms with Crippen molar-refractivity contribution < 1.29 is 23.7 Å². The predicted molar refractivity (Wildman–Crippen MR) is 139 cm³/mol. The Bertz CT molecular complexity index is 725. The number of benzene rings is 2. The maximum absolute atomic E-state index is 6.51. The monoisotopic (exact) mass is 485 g/mol. The van der Waals surface area contributed by atoms with E-state index in [1.54, 1.807) is 0 Å². The molecule has 0 saturated carbocycles. The van der Waals surface area contributed by atoms with Crippen molar-refractivity contribution in [2.45, 2.75) is 51.0 Å². The molecule has 0 bridgehead atoms. The highest BCUT2D eigenvalue weighted by atomic mass is 16.6. The minimum Gasteiger partial charge on any atom is -0.377 e. The van der Waals surface area contributed by atoms with Gasteiger partial charge in [0.05, 0.1) is 65.1 Å². The lowest BCUT2D eigenvalue weighted by molar-refractivity contribution is -0.0864. The van der Waals surface area contributed by atoms with Crippen LogP contribution in [0.3, 0.4) is 0 Å². The number of hydrogen-bond donors (Lipinski definition) is 0. The summed E-state index contributed by atoms with van der Waals surface area (Å²) >= 11 is 0. The topological polar surface area (TPSA) is 49.4 Å². The lowest BCUT2D eigenvalue weighted by atomic mass is 9.93. The molecule has 0 aliphatic carbocycles. The molecule has 3 rings (SSSR count). The average molecular weight is 486 g/mol. The van der Waals surface area contributed by atoms with Crippen molar-refractivity contribution in [3.63, 3.8) is 0 Å². The summed E-state index contributed by atoms with van der Waals surface area (Å²) in [5.41, 5.74) is 2.37. The Hall–Kier alpha value is -1.80. The van der Waals surface area contributed by atoms with E-state index in [1.165, 1.54) is 11.1 Å². The standard InChI is InChI=1S/C29H43NO5/c1-4-26-28(24-12-8-6-9-13-24)34-22-20-32-18-16-31-17-19-33-21-23-35-29(27(5-2)30(26)3)25-14-10-7-11-15-25/h6-15,26-29H,4-5,16-23H2,1-3H3/t26-,27-,28+,29+/m0/s1. The van der Waals surface area contributed by atoms with Gasteiger partial charge in [0.1, 0.15) is 0 Å². The normalized spacial score (nSPS) is 27.1. The molecule has 194 valence electrons. The summed E-state index contributed by atoms with van der Waals surface area (Å²) in [6.07, 6.45) is 1.76. The van der Waals surface area contributed by atoms with Crippen LogP contribution in [0.15, 0.2) is 60.7 Å². The summed E-state index contributed by atoms with van der Waals surface area (Å²) in [7, 11) is 2.21. The average Bonchev–Trinajstić information content (AvgIpc) is 2.90. The molecule has 0 radical (unpaired) electrons. The summed E-state index contributed by atoms with van der Waals surface area (Å²) < 4.78 is 30.1. The summed E-state index contributed by atoms with van der Waals surface area (Å²) in [6, 6.07) is 21.4. The van der Waals surface area contributed by atoms with Crippen molar-refractivity contribution in [2.75, 3.05) is 59.9 Å². The smallest absolute Gasteiger partial charge is 0.0981 e.